The molecule has 0 aliphatic carbocycles. The number of methoxy groups -OCH3 is 1. The van der Waals surface area contributed by atoms with Gasteiger partial charge in [-0.1, -0.05) is 6.07 Å². The van der Waals surface area contributed by atoms with E-state index in [0.29, 0.717) is 5.88 Å². The Kier molecular flexibility index (Phi) is 4.48. The number of nitrogens with zero attached hydrogens (tertiary/aromatic N) is 5. The topological polar surface area (TPSA) is 54.4 Å². The lowest BCUT2D eigenvalue weighted by Gasteiger charge is -2.34. The van der Waals surface area contributed by atoms with Crippen molar-refractivity contribution in [3.8, 4) is 5.88 Å². The van der Waals surface area contributed by atoms with Gasteiger partial charge in [0.2, 0.25) is 11.8 Å². The number of hydrogen-bond donors (Lipinski definition) is 0. The predicted octanol–water partition coefficient (Wildman–Crippen LogP) is 1.51. The summed E-state index contributed by atoms with van der Waals surface area (Å²) >= 11 is 0. The summed E-state index contributed by atoms with van der Waals surface area (Å²) in [6.07, 6.45) is 3.59. The summed E-state index contributed by atoms with van der Waals surface area (Å²) in [7, 11) is 1.63. The molecular formula is C16H21N5O. The first-order valence-electron chi connectivity index (χ1n) is 7.51. The molecule has 6 heteroatoms. The monoisotopic (exact) mass is 299 g/mol. The zero-order valence-electron chi connectivity index (χ0n) is 13.1. The highest BCUT2D eigenvalue weighted by atomic mass is 16.5. The van der Waals surface area contributed by atoms with Gasteiger partial charge in [0.05, 0.1) is 7.11 Å². The van der Waals surface area contributed by atoms with E-state index in [9.17, 15) is 0 Å². The Hall–Kier alpha value is -2.21. The lowest BCUT2D eigenvalue weighted by molar-refractivity contribution is 0.247. The molecule has 1 aliphatic heterocycles. The van der Waals surface area contributed by atoms with Gasteiger partial charge in [0.25, 0.3) is 0 Å². The molecular weight excluding hydrogens is 278 g/mol. The first-order valence-corrected chi connectivity index (χ1v) is 7.51. The van der Waals surface area contributed by atoms with Crippen molar-refractivity contribution in [2.45, 2.75) is 13.5 Å². The number of aryl methyl sites for hydroxylation is 1. The molecule has 1 aliphatic rings. The number of anilines is 1. The van der Waals surface area contributed by atoms with E-state index in [4.69, 9.17) is 4.74 Å². The van der Waals surface area contributed by atoms with E-state index in [1.165, 1.54) is 5.56 Å². The summed E-state index contributed by atoms with van der Waals surface area (Å²) < 4.78 is 5.16. The van der Waals surface area contributed by atoms with E-state index >= 15 is 0 Å². The highest BCUT2D eigenvalue weighted by Crippen LogP contribution is 2.16. The fourth-order valence-corrected chi connectivity index (χ4v) is 2.63. The van der Waals surface area contributed by atoms with Gasteiger partial charge in [-0.05, 0) is 18.6 Å². The number of ether oxygens (including phenoxy) is 1. The van der Waals surface area contributed by atoms with Crippen molar-refractivity contribution in [2.24, 2.45) is 0 Å². The van der Waals surface area contributed by atoms with Crippen molar-refractivity contribution in [3.05, 3.63) is 41.9 Å². The van der Waals surface area contributed by atoms with Crippen molar-refractivity contribution in [1.29, 1.82) is 0 Å². The minimum absolute atomic E-state index is 0.610. The van der Waals surface area contributed by atoms with Crippen LogP contribution >= 0.6 is 0 Å². The lowest BCUT2D eigenvalue weighted by Crippen LogP contribution is -2.46. The SMILES string of the molecule is COc1ccnc(N2CCN(Cc3cccnc3C)CC2)n1. The maximum Gasteiger partial charge on any atom is 0.228 e. The number of piperazine rings is 1. The molecule has 0 aromatic carbocycles. The van der Waals surface area contributed by atoms with Gasteiger partial charge < -0.3 is 9.64 Å². The van der Waals surface area contributed by atoms with Crippen LogP contribution in [0.1, 0.15) is 11.3 Å². The smallest absolute Gasteiger partial charge is 0.228 e. The molecule has 22 heavy (non-hydrogen) atoms. The highest BCUT2D eigenvalue weighted by Gasteiger charge is 2.19. The van der Waals surface area contributed by atoms with Gasteiger partial charge in [0.15, 0.2) is 0 Å². The fourth-order valence-electron chi connectivity index (χ4n) is 2.63. The van der Waals surface area contributed by atoms with E-state index < -0.39 is 0 Å². The molecule has 0 radical (unpaired) electrons. The van der Waals surface area contributed by atoms with Crippen LogP contribution in [-0.2, 0) is 6.54 Å². The Balaban J connectivity index is 1.59. The van der Waals surface area contributed by atoms with Crippen LogP contribution in [-0.4, -0.2) is 53.1 Å². The van der Waals surface area contributed by atoms with Crippen LogP contribution < -0.4 is 9.64 Å². The van der Waals surface area contributed by atoms with Crippen molar-refractivity contribution >= 4 is 5.95 Å². The van der Waals surface area contributed by atoms with Crippen molar-refractivity contribution in [2.75, 3.05) is 38.2 Å². The molecule has 3 rings (SSSR count). The van der Waals surface area contributed by atoms with Gasteiger partial charge in [0, 0.05) is 56.9 Å². The average molecular weight is 299 g/mol. The van der Waals surface area contributed by atoms with Gasteiger partial charge in [-0.2, -0.15) is 4.98 Å². The zero-order chi connectivity index (χ0) is 15.4. The first kappa shape index (κ1) is 14.7. The van der Waals surface area contributed by atoms with Gasteiger partial charge >= 0.3 is 0 Å². The summed E-state index contributed by atoms with van der Waals surface area (Å²) in [5.41, 5.74) is 2.41. The molecule has 6 nitrogen and oxygen atoms in total. The summed E-state index contributed by atoms with van der Waals surface area (Å²) in [4.78, 5) is 17.7. The van der Waals surface area contributed by atoms with E-state index in [2.05, 4.69) is 37.7 Å². The maximum atomic E-state index is 5.16. The van der Waals surface area contributed by atoms with E-state index in [-0.39, 0.29) is 0 Å². The van der Waals surface area contributed by atoms with Crippen molar-refractivity contribution in [1.82, 2.24) is 19.9 Å². The first-order chi connectivity index (χ1) is 10.8. The molecule has 0 unspecified atom stereocenters. The largest absolute Gasteiger partial charge is 0.481 e. The van der Waals surface area contributed by atoms with Crippen LogP contribution in [0.2, 0.25) is 0 Å². The number of aromatic nitrogens is 3. The molecule has 0 bridgehead atoms. The molecule has 0 saturated carbocycles. The Morgan fingerprint density at radius 1 is 1.09 bits per heavy atom. The molecule has 2 aromatic heterocycles. The Morgan fingerprint density at radius 3 is 2.64 bits per heavy atom. The second-order valence-corrected chi connectivity index (χ2v) is 5.41. The van der Waals surface area contributed by atoms with E-state index in [0.717, 1.165) is 44.4 Å². The molecule has 0 amide bonds. The van der Waals surface area contributed by atoms with Crippen molar-refractivity contribution in [3.63, 3.8) is 0 Å². The highest BCUT2D eigenvalue weighted by molar-refractivity contribution is 5.32. The minimum Gasteiger partial charge on any atom is -0.481 e. The van der Waals surface area contributed by atoms with Crippen LogP contribution in [0.5, 0.6) is 5.88 Å². The van der Waals surface area contributed by atoms with Crippen LogP contribution in [0, 0.1) is 6.92 Å². The number of pyridine rings is 1. The minimum atomic E-state index is 0.610. The molecule has 1 fully saturated rings. The van der Waals surface area contributed by atoms with Crippen LogP contribution in [0.4, 0.5) is 5.95 Å². The average Bonchev–Trinajstić information content (AvgIpc) is 2.58. The third kappa shape index (κ3) is 3.33. The Labute approximate surface area is 130 Å². The number of rotatable bonds is 4. The molecule has 116 valence electrons. The summed E-state index contributed by atoms with van der Waals surface area (Å²) in [5.74, 6) is 1.36. The standard InChI is InChI=1S/C16H21N5O/c1-13-14(4-3-6-17-13)12-20-8-10-21(11-9-20)16-18-7-5-15(19-16)22-2/h3-7H,8-12H2,1-2H3. The Bertz CT molecular complexity index is 625. The maximum absolute atomic E-state index is 5.16. The van der Waals surface area contributed by atoms with E-state index in [1.807, 2.05) is 12.3 Å². The van der Waals surface area contributed by atoms with Gasteiger partial charge in [-0.25, -0.2) is 4.98 Å². The number of hydrogen-bond acceptors (Lipinski definition) is 6. The Morgan fingerprint density at radius 2 is 1.91 bits per heavy atom. The van der Waals surface area contributed by atoms with Crippen LogP contribution in [0.3, 0.4) is 0 Å². The quantitative estimate of drug-likeness (QED) is 0.853. The van der Waals surface area contributed by atoms with Gasteiger partial charge in [0.1, 0.15) is 0 Å². The van der Waals surface area contributed by atoms with Gasteiger partial charge in [-0.3, -0.25) is 9.88 Å². The summed E-state index contributed by atoms with van der Waals surface area (Å²) in [6, 6.07) is 5.92. The zero-order valence-corrected chi connectivity index (χ0v) is 13.1. The molecule has 2 aromatic rings. The fraction of sp³-hybridized carbons (Fsp3) is 0.438. The summed E-state index contributed by atoms with van der Waals surface area (Å²) in [6.45, 7) is 6.85. The third-order valence-corrected chi connectivity index (χ3v) is 3.99. The second kappa shape index (κ2) is 6.70. The van der Waals surface area contributed by atoms with Gasteiger partial charge in [-0.15, -0.1) is 0 Å². The van der Waals surface area contributed by atoms with Crippen LogP contribution in [0.15, 0.2) is 30.6 Å². The third-order valence-electron chi connectivity index (χ3n) is 3.99. The molecule has 1 saturated heterocycles. The second-order valence-electron chi connectivity index (χ2n) is 5.41. The van der Waals surface area contributed by atoms with E-state index in [1.54, 1.807) is 19.4 Å². The predicted molar refractivity (Wildman–Crippen MR) is 85.0 cm³/mol. The van der Waals surface area contributed by atoms with Crippen molar-refractivity contribution < 1.29 is 4.74 Å². The molecule has 0 spiro atoms. The summed E-state index contributed by atoms with van der Waals surface area (Å²) in [5, 5.41) is 0. The molecule has 0 N–H and O–H groups in total. The molecule has 3 heterocycles. The van der Waals surface area contributed by atoms with Crippen LogP contribution in [0.25, 0.3) is 0 Å². The molecule has 0 atom stereocenters. The normalized spacial score (nSPS) is 15.8. The lowest BCUT2D eigenvalue weighted by atomic mass is 10.2.